The molecule has 26 heavy (non-hydrogen) atoms. The van der Waals surface area contributed by atoms with Crippen LogP contribution in [-0.2, 0) is 32.9 Å². The smallest absolute Gasteiger partial charge is 0.191 e. The van der Waals surface area contributed by atoms with E-state index >= 15 is 0 Å². The van der Waals surface area contributed by atoms with E-state index in [1.165, 1.54) is 16.1 Å². The molecule has 0 aliphatic rings. The van der Waals surface area contributed by atoms with Crippen LogP contribution in [0.25, 0.3) is 0 Å². The summed E-state index contributed by atoms with van der Waals surface area (Å²) in [5, 5.41) is 12.5. The summed E-state index contributed by atoms with van der Waals surface area (Å²) in [6.07, 6.45) is 4.75. The third kappa shape index (κ3) is 6.22. The maximum Gasteiger partial charge on any atom is 0.191 e. The minimum atomic E-state index is 0. The molecule has 0 bridgehead atoms. The average Bonchev–Trinajstić information content (AvgIpc) is 3.14. The monoisotopic (exact) mass is 490 g/mol. The van der Waals surface area contributed by atoms with Gasteiger partial charge in [-0.3, -0.25) is 4.68 Å². The highest BCUT2D eigenvalue weighted by molar-refractivity contribution is 14.0. The van der Waals surface area contributed by atoms with Gasteiger partial charge in [0.05, 0.1) is 17.2 Å². The predicted octanol–water partition coefficient (Wildman–Crippen LogP) is 3.23. The normalized spacial score (nSPS) is 11.3. The Kier molecular flexibility index (Phi) is 10.1. The molecule has 0 aliphatic carbocycles. The second kappa shape index (κ2) is 11.5. The van der Waals surface area contributed by atoms with Gasteiger partial charge in [0.15, 0.2) is 5.96 Å². The van der Waals surface area contributed by atoms with Crippen LogP contribution < -0.4 is 10.6 Å². The van der Waals surface area contributed by atoms with Crippen molar-refractivity contribution in [2.45, 2.75) is 53.5 Å². The third-order valence-corrected chi connectivity index (χ3v) is 5.04. The van der Waals surface area contributed by atoms with Crippen LogP contribution in [0.3, 0.4) is 0 Å². The summed E-state index contributed by atoms with van der Waals surface area (Å²) in [7, 11) is 2.02. The third-order valence-electron chi connectivity index (χ3n) is 4.07. The molecular weight excluding hydrogens is 459 g/mol. The molecule has 0 amide bonds. The van der Waals surface area contributed by atoms with Crippen LogP contribution in [0.1, 0.15) is 47.6 Å². The van der Waals surface area contributed by atoms with Gasteiger partial charge in [0.25, 0.3) is 0 Å². The topological polar surface area (TPSA) is 67.1 Å². The number of guanidine groups is 1. The molecule has 0 saturated carbocycles. The fraction of sp³-hybridized carbons (Fsp3) is 0.611. The van der Waals surface area contributed by atoms with E-state index in [-0.39, 0.29) is 24.0 Å². The molecule has 0 saturated heterocycles. The van der Waals surface area contributed by atoms with Crippen molar-refractivity contribution in [3.05, 3.63) is 33.0 Å². The van der Waals surface area contributed by atoms with Crippen molar-refractivity contribution in [1.82, 2.24) is 25.4 Å². The zero-order valence-corrected chi connectivity index (χ0v) is 19.6. The van der Waals surface area contributed by atoms with Crippen LogP contribution in [0, 0.1) is 6.92 Å². The highest BCUT2D eigenvalue weighted by atomic mass is 127. The molecule has 0 unspecified atom stereocenters. The summed E-state index contributed by atoms with van der Waals surface area (Å²) < 4.78 is 1.99. The molecule has 0 fully saturated rings. The highest BCUT2D eigenvalue weighted by Gasteiger charge is 2.13. The van der Waals surface area contributed by atoms with Gasteiger partial charge in [0.2, 0.25) is 0 Å². The molecule has 6 nitrogen and oxygen atoms in total. The Morgan fingerprint density at radius 1 is 1.23 bits per heavy atom. The van der Waals surface area contributed by atoms with Crippen molar-refractivity contribution in [2.75, 3.05) is 13.1 Å². The predicted molar refractivity (Wildman–Crippen MR) is 121 cm³/mol. The number of halogens is 1. The lowest BCUT2D eigenvalue weighted by molar-refractivity contribution is 0.703. The molecular formula is C18H31IN6S. The Balaban J connectivity index is 0.00000338. The largest absolute Gasteiger partial charge is 0.357 e. The minimum absolute atomic E-state index is 0. The quantitative estimate of drug-likeness (QED) is 0.339. The van der Waals surface area contributed by atoms with Crippen LogP contribution in [0.4, 0.5) is 0 Å². The lowest BCUT2D eigenvalue weighted by Gasteiger charge is -2.11. The minimum Gasteiger partial charge on any atom is -0.357 e. The van der Waals surface area contributed by atoms with Gasteiger partial charge >= 0.3 is 0 Å². The molecule has 0 radical (unpaired) electrons. The Hall–Kier alpha value is -1.16. The van der Waals surface area contributed by atoms with Crippen LogP contribution in [-0.4, -0.2) is 33.8 Å². The summed E-state index contributed by atoms with van der Waals surface area (Å²) in [6.45, 7) is 10.8. The molecule has 0 atom stereocenters. The summed E-state index contributed by atoms with van der Waals surface area (Å²) >= 11 is 1.75. The molecule has 2 aromatic heterocycles. The highest BCUT2D eigenvalue weighted by Crippen LogP contribution is 2.16. The van der Waals surface area contributed by atoms with Gasteiger partial charge < -0.3 is 10.6 Å². The molecule has 146 valence electrons. The molecule has 2 aromatic rings. The number of thiazole rings is 1. The van der Waals surface area contributed by atoms with E-state index in [0.717, 1.165) is 49.0 Å². The van der Waals surface area contributed by atoms with Crippen LogP contribution >= 0.6 is 35.3 Å². The molecule has 0 aromatic carbocycles. The number of nitrogens with zero attached hydrogens (tertiary/aromatic N) is 4. The van der Waals surface area contributed by atoms with E-state index in [1.54, 1.807) is 11.3 Å². The number of rotatable bonds is 8. The summed E-state index contributed by atoms with van der Waals surface area (Å²) in [5.74, 6) is 0.851. The van der Waals surface area contributed by atoms with Gasteiger partial charge in [-0.15, -0.1) is 35.3 Å². The van der Waals surface area contributed by atoms with Crippen LogP contribution in [0.2, 0.25) is 0 Å². The van der Waals surface area contributed by atoms with Crippen molar-refractivity contribution in [3.63, 3.8) is 0 Å². The maximum absolute atomic E-state index is 4.77. The zero-order chi connectivity index (χ0) is 18.2. The number of aromatic nitrogens is 3. The second-order valence-electron chi connectivity index (χ2n) is 5.94. The van der Waals surface area contributed by atoms with E-state index in [1.807, 2.05) is 17.9 Å². The van der Waals surface area contributed by atoms with E-state index in [4.69, 9.17) is 4.99 Å². The van der Waals surface area contributed by atoms with Crippen LogP contribution in [0.15, 0.2) is 11.2 Å². The summed E-state index contributed by atoms with van der Waals surface area (Å²) in [6, 6.07) is 0. The standard InChI is InChI=1S/C18H30N6S.HI/c1-6-15-14(16(7-2)24(5)23-15)12-22-18(19-8-3)20-10-9-17-21-11-13(4)25-17;/h11H,6-10,12H2,1-5H3,(H2,19,20,22);1H. The molecule has 2 rings (SSSR count). The van der Waals surface area contributed by atoms with Gasteiger partial charge in [-0.2, -0.15) is 5.10 Å². The summed E-state index contributed by atoms with van der Waals surface area (Å²) in [4.78, 5) is 10.4. The van der Waals surface area contributed by atoms with Crippen LogP contribution in [0.5, 0.6) is 0 Å². The SMILES string of the molecule is CCNC(=NCc1c(CC)nn(C)c1CC)NCCc1ncc(C)s1.I. The second-order valence-corrected chi connectivity index (χ2v) is 7.26. The van der Waals surface area contributed by atoms with E-state index < -0.39 is 0 Å². The fourth-order valence-corrected chi connectivity index (χ4v) is 3.66. The Labute approximate surface area is 177 Å². The van der Waals surface area contributed by atoms with Gasteiger partial charge in [0.1, 0.15) is 0 Å². The lowest BCUT2D eigenvalue weighted by atomic mass is 10.1. The first-order valence-corrected chi connectivity index (χ1v) is 9.87. The number of hydrogen-bond donors (Lipinski definition) is 2. The Morgan fingerprint density at radius 2 is 2.00 bits per heavy atom. The molecule has 0 spiro atoms. The Bertz CT molecular complexity index is 707. The lowest BCUT2D eigenvalue weighted by Crippen LogP contribution is -2.38. The molecule has 0 aliphatic heterocycles. The molecule has 2 heterocycles. The maximum atomic E-state index is 4.77. The van der Waals surface area contributed by atoms with E-state index in [2.05, 4.69) is 48.4 Å². The molecule has 8 heteroatoms. The first kappa shape index (κ1) is 22.9. The number of hydrogen-bond acceptors (Lipinski definition) is 4. The summed E-state index contributed by atoms with van der Waals surface area (Å²) in [5.41, 5.74) is 3.69. The first-order valence-electron chi connectivity index (χ1n) is 9.06. The van der Waals surface area contributed by atoms with Crippen molar-refractivity contribution in [1.29, 1.82) is 0 Å². The van der Waals surface area contributed by atoms with Gasteiger partial charge in [-0.05, 0) is 26.7 Å². The van der Waals surface area contributed by atoms with Gasteiger partial charge in [-0.25, -0.2) is 9.98 Å². The van der Waals surface area contributed by atoms with Crippen molar-refractivity contribution >= 4 is 41.3 Å². The number of aliphatic imine (C=N–C) groups is 1. The van der Waals surface area contributed by atoms with Crippen molar-refractivity contribution in [2.24, 2.45) is 12.0 Å². The first-order chi connectivity index (χ1) is 12.1. The Morgan fingerprint density at radius 3 is 2.58 bits per heavy atom. The van der Waals surface area contributed by atoms with E-state index in [9.17, 15) is 0 Å². The number of nitrogens with one attached hydrogen (secondary N) is 2. The average molecular weight is 490 g/mol. The van der Waals surface area contributed by atoms with Gasteiger partial charge in [0, 0.05) is 48.9 Å². The number of aryl methyl sites for hydroxylation is 3. The fourth-order valence-electron chi connectivity index (χ4n) is 2.88. The zero-order valence-electron chi connectivity index (χ0n) is 16.4. The van der Waals surface area contributed by atoms with Crippen molar-refractivity contribution < 1.29 is 0 Å². The van der Waals surface area contributed by atoms with Gasteiger partial charge in [-0.1, -0.05) is 13.8 Å². The van der Waals surface area contributed by atoms with E-state index in [0.29, 0.717) is 6.54 Å². The van der Waals surface area contributed by atoms with Crippen molar-refractivity contribution in [3.8, 4) is 0 Å². The molecule has 2 N–H and O–H groups in total.